The van der Waals surface area contributed by atoms with Crippen LogP contribution in [0.1, 0.15) is 23.7 Å². The van der Waals surface area contributed by atoms with E-state index in [0.717, 1.165) is 48.0 Å². The molecular formula is C24H28FIN4O. The Morgan fingerprint density at radius 3 is 2.55 bits per heavy atom. The van der Waals surface area contributed by atoms with E-state index >= 15 is 0 Å². The number of halogens is 2. The van der Waals surface area contributed by atoms with E-state index in [1.165, 1.54) is 12.1 Å². The van der Waals surface area contributed by atoms with Crippen LogP contribution < -0.4 is 15.4 Å². The number of guanidine groups is 1. The molecule has 0 saturated carbocycles. The molecule has 0 saturated heterocycles. The largest absolute Gasteiger partial charge is 0.489 e. The van der Waals surface area contributed by atoms with Crippen molar-refractivity contribution in [3.8, 4) is 5.75 Å². The first-order chi connectivity index (χ1) is 14.7. The zero-order chi connectivity index (χ0) is 21.0. The van der Waals surface area contributed by atoms with E-state index < -0.39 is 0 Å². The second-order valence-corrected chi connectivity index (χ2v) is 6.76. The summed E-state index contributed by atoms with van der Waals surface area (Å²) in [6, 6.07) is 20.1. The maximum absolute atomic E-state index is 13.2. The molecule has 2 N–H and O–H groups in total. The number of nitrogens with zero attached hydrogens (tertiary/aromatic N) is 2. The minimum absolute atomic E-state index is 0. The van der Waals surface area contributed by atoms with E-state index in [9.17, 15) is 4.39 Å². The molecule has 1 heterocycles. The highest BCUT2D eigenvalue weighted by Crippen LogP contribution is 2.15. The number of aromatic nitrogens is 1. The Labute approximate surface area is 200 Å². The molecule has 0 aliphatic rings. The van der Waals surface area contributed by atoms with Crippen LogP contribution in [0.2, 0.25) is 0 Å². The molecule has 164 valence electrons. The van der Waals surface area contributed by atoms with Gasteiger partial charge in [0.15, 0.2) is 5.96 Å². The van der Waals surface area contributed by atoms with Gasteiger partial charge in [0.25, 0.3) is 0 Å². The van der Waals surface area contributed by atoms with Gasteiger partial charge in [-0.3, -0.25) is 4.98 Å². The SMILES string of the molecule is CCNC(=NCc1ccc(OCc2cccc(F)c2)cc1)NCCc1ccccn1.I. The summed E-state index contributed by atoms with van der Waals surface area (Å²) in [6.07, 6.45) is 2.64. The monoisotopic (exact) mass is 534 g/mol. The third kappa shape index (κ3) is 8.92. The summed E-state index contributed by atoms with van der Waals surface area (Å²) in [6.45, 7) is 4.49. The van der Waals surface area contributed by atoms with Crippen molar-refractivity contribution in [2.75, 3.05) is 13.1 Å². The summed E-state index contributed by atoms with van der Waals surface area (Å²) in [5.41, 5.74) is 2.93. The Bertz CT molecular complexity index is 936. The van der Waals surface area contributed by atoms with Gasteiger partial charge in [-0.05, 0) is 54.4 Å². The number of ether oxygens (including phenoxy) is 1. The third-order valence-electron chi connectivity index (χ3n) is 4.38. The predicted octanol–water partition coefficient (Wildman–Crippen LogP) is 4.72. The molecule has 0 bridgehead atoms. The van der Waals surface area contributed by atoms with Crippen LogP contribution in [0.15, 0.2) is 77.9 Å². The summed E-state index contributed by atoms with van der Waals surface area (Å²) >= 11 is 0. The molecule has 5 nitrogen and oxygen atoms in total. The highest BCUT2D eigenvalue weighted by atomic mass is 127. The topological polar surface area (TPSA) is 58.5 Å². The number of hydrogen-bond acceptors (Lipinski definition) is 3. The first-order valence-corrected chi connectivity index (χ1v) is 10.1. The van der Waals surface area contributed by atoms with Crippen LogP contribution >= 0.6 is 24.0 Å². The van der Waals surface area contributed by atoms with E-state index in [0.29, 0.717) is 13.2 Å². The molecule has 0 aliphatic heterocycles. The lowest BCUT2D eigenvalue weighted by Crippen LogP contribution is -2.38. The summed E-state index contributed by atoms with van der Waals surface area (Å²) in [5.74, 6) is 1.27. The van der Waals surface area contributed by atoms with Gasteiger partial charge in [-0.2, -0.15) is 0 Å². The normalized spacial score (nSPS) is 10.8. The highest BCUT2D eigenvalue weighted by Gasteiger charge is 2.01. The molecule has 0 unspecified atom stereocenters. The first-order valence-electron chi connectivity index (χ1n) is 10.1. The van der Waals surface area contributed by atoms with Gasteiger partial charge >= 0.3 is 0 Å². The van der Waals surface area contributed by atoms with E-state index in [-0.39, 0.29) is 29.8 Å². The van der Waals surface area contributed by atoms with Crippen LogP contribution in [0.3, 0.4) is 0 Å². The van der Waals surface area contributed by atoms with E-state index in [2.05, 4.69) is 20.6 Å². The van der Waals surface area contributed by atoms with Gasteiger partial charge in [-0.25, -0.2) is 9.38 Å². The van der Waals surface area contributed by atoms with Crippen LogP contribution in [-0.4, -0.2) is 24.0 Å². The van der Waals surface area contributed by atoms with Gasteiger partial charge in [-0.1, -0.05) is 30.3 Å². The molecule has 0 radical (unpaired) electrons. The van der Waals surface area contributed by atoms with Crippen LogP contribution in [0.4, 0.5) is 4.39 Å². The van der Waals surface area contributed by atoms with E-state index in [4.69, 9.17) is 4.74 Å². The fourth-order valence-corrected chi connectivity index (χ4v) is 2.85. The molecule has 0 aliphatic carbocycles. The molecule has 31 heavy (non-hydrogen) atoms. The Hall–Kier alpha value is -2.68. The Morgan fingerprint density at radius 1 is 1.00 bits per heavy atom. The van der Waals surface area contributed by atoms with Crippen LogP contribution in [0, 0.1) is 5.82 Å². The third-order valence-corrected chi connectivity index (χ3v) is 4.38. The number of pyridine rings is 1. The van der Waals surface area contributed by atoms with Gasteiger partial charge in [0.05, 0.1) is 6.54 Å². The predicted molar refractivity (Wildman–Crippen MR) is 133 cm³/mol. The molecular weight excluding hydrogens is 506 g/mol. The van der Waals surface area contributed by atoms with Crippen LogP contribution in [0.25, 0.3) is 0 Å². The molecule has 0 atom stereocenters. The minimum atomic E-state index is -0.255. The molecule has 0 spiro atoms. The average molecular weight is 534 g/mol. The van der Waals surface area contributed by atoms with Crippen molar-refractivity contribution in [2.24, 2.45) is 4.99 Å². The molecule has 3 rings (SSSR count). The van der Waals surface area contributed by atoms with Crippen molar-refractivity contribution >= 4 is 29.9 Å². The number of aliphatic imine (C=N–C) groups is 1. The van der Waals surface area contributed by atoms with Gasteiger partial charge in [-0.15, -0.1) is 24.0 Å². The first kappa shape index (κ1) is 24.6. The van der Waals surface area contributed by atoms with E-state index in [1.54, 1.807) is 12.3 Å². The highest BCUT2D eigenvalue weighted by molar-refractivity contribution is 14.0. The van der Waals surface area contributed by atoms with Crippen molar-refractivity contribution in [3.63, 3.8) is 0 Å². The summed E-state index contributed by atoms with van der Waals surface area (Å²) in [4.78, 5) is 8.97. The number of benzene rings is 2. The second-order valence-electron chi connectivity index (χ2n) is 6.76. The van der Waals surface area contributed by atoms with Gasteiger partial charge in [0.1, 0.15) is 18.2 Å². The number of hydrogen-bond donors (Lipinski definition) is 2. The summed E-state index contributed by atoms with van der Waals surface area (Å²) < 4.78 is 19.0. The lowest BCUT2D eigenvalue weighted by atomic mass is 10.2. The Kier molecular flexibility index (Phi) is 10.8. The molecule has 7 heteroatoms. The van der Waals surface area contributed by atoms with Crippen LogP contribution in [-0.2, 0) is 19.6 Å². The van der Waals surface area contributed by atoms with Crippen molar-refractivity contribution in [1.82, 2.24) is 15.6 Å². The fraction of sp³-hybridized carbons (Fsp3) is 0.250. The number of nitrogens with one attached hydrogen (secondary N) is 2. The Balaban J connectivity index is 0.00000341. The van der Waals surface area contributed by atoms with E-state index in [1.807, 2.05) is 55.5 Å². The van der Waals surface area contributed by atoms with Crippen molar-refractivity contribution < 1.29 is 9.13 Å². The van der Waals surface area contributed by atoms with Gasteiger partial charge in [0.2, 0.25) is 0 Å². The maximum Gasteiger partial charge on any atom is 0.191 e. The zero-order valence-electron chi connectivity index (χ0n) is 17.6. The molecule has 2 aromatic carbocycles. The molecule has 1 aromatic heterocycles. The maximum atomic E-state index is 13.2. The minimum Gasteiger partial charge on any atom is -0.489 e. The van der Waals surface area contributed by atoms with Crippen molar-refractivity contribution in [2.45, 2.75) is 26.5 Å². The lowest BCUT2D eigenvalue weighted by Gasteiger charge is -2.11. The lowest BCUT2D eigenvalue weighted by molar-refractivity contribution is 0.305. The molecule has 0 amide bonds. The summed E-state index contributed by atoms with van der Waals surface area (Å²) in [7, 11) is 0. The van der Waals surface area contributed by atoms with Crippen molar-refractivity contribution in [3.05, 3.63) is 95.6 Å². The van der Waals surface area contributed by atoms with Crippen molar-refractivity contribution in [1.29, 1.82) is 0 Å². The fourth-order valence-electron chi connectivity index (χ4n) is 2.85. The summed E-state index contributed by atoms with van der Waals surface area (Å²) in [5, 5.41) is 6.59. The van der Waals surface area contributed by atoms with Gasteiger partial charge in [0, 0.05) is 31.4 Å². The van der Waals surface area contributed by atoms with Gasteiger partial charge < -0.3 is 15.4 Å². The standard InChI is InChI=1S/C24H27FN4O.HI/c1-2-26-24(28-15-13-22-8-3-4-14-27-22)29-17-19-9-11-23(12-10-19)30-18-20-6-5-7-21(25)16-20;/h3-12,14,16H,2,13,15,17-18H2,1H3,(H2,26,28,29);1H. The molecule has 3 aromatic rings. The molecule has 0 fully saturated rings. The Morgan fingerprint density at radius 2 is 1.84 bits per heavy atom. The zero-order valence-corrected chi connectivity index (χ0v) is 19.9. The number of rotatable bonds is 9. The second kappa shape index (κ2) is 13.6. The smallest absolute Gasteiger partial charge is 0.191 e. The quantitative estimate of drug-likeness (QED) is 0.237. The van der Waals surface area contributed by atoms with Crippen LogP contribution in [0.5, 0.6) is 5.75 Å². The average Bonchev–Trinajstić information content (AvgIpc) is 2.77.